The zero-order valence-electron chi connectivity index (χ0n) is 16.6. The van der Waals surface area contributed by atoms with Crippen LogP contribution in [-0.4, -0.2) is 81.7 Å². The van der Waals surface area contributed by atoms with Crippen LogP contribution in [0.25, 0.3) is 0 Å². The molecule has 1 aromatic heterocycles. The van der Waals surface area contributed by atoms with E-state index in [1.807, 2.05) is 4.90 Å². The standard InChI is InChI=1S/C20H31N5O2/c1-15(2)24-7-6-18(20(24)27)23-11-8-22(9-12-23)10-13-25-19(26)14-16-4-3-5-17(16)21-25/h14-15,18H,3-13H2,1-2H3. The van der Waals surface area contributed by atoms with Gasteiger partial charge in [-0.05, 0) is 45.1 Å². The maximum Gasteiger partial charge on any atom is 0.267 e. The average molecular weight is 374 g/mol. The van der Waals surface area contributed by atoms with E-state index in [1.54, 1.807) is 10.7 Å². The van der Waals surface area contributed by atoms with Gasteiger partial charge < -0.3 is 4.90 Å². The number of hydrogen-bond donors (Lipinski definition) is 0. The lowest BCUT2D eigenvalue weighted by Crippen LogP contribution is -2.53. The summed E-state index contributed by atoms with van der Waals surface area (Å²) in [7, 11) is 0. The predicted molar refractivity (Wildman–Crippen MR) is 104 cm³/mol. The fourth-order valence-corrected chi connectivity index (χ4v) is 4.67. The monoisotopic (exact) mass is 373 g/mol. The Hall–Kier alpha value is -1.73. The molecule has 1 aliphatic carbocycles. The van der Waals surface area contributed by atoms with Crippen LogP contribution in [0.5, 0.6) is 0 Å². The minimum absolute atomic E-state index is 0.0274. The molecule has 148 valence electrons. The van der Waals surface area contributed by atoms with Gasteiger partial charge in [0.25, 0.3) is 5.56 Å². The van der Waals surface area contributed by atoms with Crippen molar-refractivity contribution >= 4 is 5.91 Å². The Labute approximate surface area is 160 Å². The van der Waals surface area contributed by atoms with Gasteiger partial charge >= 0.3 is 0 Å². The smallest absolute Gasteiger partial charge is 0.267 e. The molecule has 0 bridgehead atoms. The summed E-state index contributed by atoms with van der Waals surface area (Å²) in [5.41, 5.74) is 2.27. The molecular weight excluding hydrogens is 342 g/mol. The Morgan fingerprint density at radius 1 is 1.07 bits per heavy atom. The van der Waals surface area contributed by atoms with Gasteiger partial charge in [0.15, 0.2) is 0 Å². The SMILES string of the molecule is CC(C)N1CCC(N2CCN(CCn3nc4c(cc3=O)CCC4)CC2)C1=O. The van der Waals surface area contributed by atoms with Crippen molar-refractivity contribution in [3.63, 3.8) is 0 Å². The maximum atomic E-state index is 12.6. The number of likely N-dealkylation sites (tertiary alicyclic amines) is 1. The van der Waals surface area contributed by atoms with Gasteiger partial charge in [0.05, 0.1) is 18.3 Å². The Bertz CT molecular complexity index is 751. The molecule has 0 spiro atoms. The number of aryl methyl sites for hydroxylation is 2. The lowest BCUT2D eigenvalue weighted by atomic mass is 10.2. The number of amides is 1. The maximum absolute atomic E-state index is 12.6. The van der Waals surface area contributed by atoms with Crippen LogP contribution < -0.4 is 5.56 Å². The fourth-order valence-electron chi connectivity index (χ4n) is 4.67. The summed E-state index contributed by atoms with van der Waals surface area (Å²) >= 11 is 0. The molecule has 4 rings (SSSR count). The highest BCUT2D eigenvalue weighted by molar-refractivity contribution is 5.84. The molecule has 0 N–H and O–H groups in total. The molecule has 7 heteroatoms. The van der Waals surface area contributed by atoms with Gasteiger partial charge in [-0.25, -0.2) is 4.68 Å². The van der Waals surface area contributed by atoms with Crippen molar-refractivity contribution in [1.29, 1.82) is 0 Å². The first-order valence-electron chi connectivity index (χ1n) is 10.4. The molecule has 0 saturated carbocycles. The number of fused-ring (bicyclic) bond motifs is 1. The summed E-state index contributed by atoms with van der Waals surface area (Å²) < 4.78 is 1.64. The molecule has 7 nitrogen and oxygen atoms in total. The average Bonchev–Trinajstić information content (AvgIpc) is 3.26. The molecule has 3 aliphatic rings. The normalized spacial score (nSPS) is 24.2. The van der Waals surface area contributed by atoms with E-state index in [1.165, 1.54) is 0 Å². The number of hydrogen-bond acceptors (Lipinski definition) is 5. The van der Waals surface area contributed by atoms with Crippen LogP contribution in [-0.2, 0) is 24.2 Å². The van der Waals surface area contributed by atoms with E-state index in [9.17, 15) is 9.59 Å². The molecule has 1 atom stereocenters. The Kier molecular flexibility index (Phi) is 5.32. The first-order valence-corrected chi connectivity index (χ1v) is 10.4. The van der Waals surface area contributed by atoms with Gasteiger partial charge in [-0.15, -0.1) is 0 Å². The second-order valence-corrected chi connectivity index (χ2v) is 8.34. The Morgan fingerprint density at radius 2 is 1.85 bits per heavy atom. The van der Waals surface area contributed by atoms with E-state index in [2.05, 4.69) is 28.7 Å². The van der Waals surface area contributed by atoms with Gasteiger partial charge in [-0.1, -0.05) is 0 Å². The minimum Gasteiger partial charge on any atom is -0.339 e. The summed E-state index contributed by atoms with van der Waals surface area (Å²) in [6.07, 6.45) is 4.05. The largest absolute Gasteiger partial charge is 0.339 e. The van der Waals surface area contributed by atoms with Crippen LogP contribution in [0, 0.1) is 0 Å². The quantitative estimate of drug-likeness (QED) is 0.746. The molecule has 1 unspecified atom stereocenters. The van der Waals surface area contributed by atoms with Gasteiger partial charge in [0.1, 0.15) is 0 Å². The second kappa shape index (κ2) is 7.72. The number of carbonyl (C=O) groups excluding carboxylic acids is 1. The van der Waals surface area contributed by atoms with Gasteiger partial charge in [-0.2, -0.15) is 5.10 Å². The zero-order chi connectivity index (χ0) is 19.0. The molecule has 2 fully saturated rings. The molecule has 0 radical (unpaired) electrons. The van der Waals surface area contributed by atoms with Gasteiger partial charge in [0, 0.05) is 51.4 Å². The van der Waals surface area contributed by atoms with Crippen molar-refractivity contribution in [2.45, 2.75) is 58.2 Å². The molecule has 1 aromatic rings. The highest BCUT2D eigenvalue weighted by atomic mass is 16.2. The van der Waals surface area contributed by atoms with E-state index < -0.39 is 0 Å². The van der Waals surface area contributed by atoms with Crippen LogP contribution in [0.4, 0.5) is 0 Å². The van der Waals surface area contributed by atoms with Gasteiger partial charge in [0.2, 0.25) is 5.91 Å². The van der Waals surface area contributed by atoms with Crippen molar-refractivity contribution in [1.82, 2.24) is 24.5 Å². The van der Waals surface area contributed by atoms with Crippen molar-refractivity contribution < 1.29 is 4.79 Å². The number of aromatic nitrogens is 2. The molecule has 27 heavy (non-hydrogen) atoms. The van der Waals surface area contributed by atoms with Crippen LogP contribution >= 0.6 is 0 Å². The third-order valence-corrected chi connectivity index (χ3v) is 6.33. The van der Waals surface area contributed by atoms with Crippen molar-refractivity contribution in [2.75, 3.05) is 39.3 Å². The minimum atomic E-state index is 0.0274. The summed E-state index contributed by atoms with van der Waals surface area (Å²) in [4.78, 5) is 31.6. The van der Waals surface area contributed by atoms with Gasteiger partial charge in [-0.3, -0.25) is 19.4 Å². The molecule has 2 saturated heterocycles. The number of piperazine rings is 1. The molecule has 2 aliphatic heterocycles. The van der Waals surface area contributed by atoms with Crippen LogP contribution in [0.3, 0.4) is 0 Å². The predicted octanol–water partition coefficient (Wildman–Crippen LogP) is 0.359. The van der Waals surface area contributed by atoms with E-state index >= 15 is 0 Å². The van der Waals surface area contributed by atoms with Crippen molar-refractivity contribution in [2.24, 2.45) is 0 Å². The number of carbonyl (C=O) groups is 1. The lowest BCUT2D eigenvalue weighted by Gasteiger charge is -2.37. The van der Waals surface area contributed by atoms with Crippen LogP contribution in [0.2, 0.25) is 0 Å². The lowest BCUT2D eigenvalue weighted by molar-refractivity contribution is -0.134. The first-order chi connectivity index (χ1) is 13.0. The van der Waals surface area contributed by atoms with Crippen molar-refractivity contribution in [3.05, 3.63) is 27.7 Å². The Morgan fingerprint density at radius 3 is 2.56 bits per heavy atom. The topological polar surface area (TPSA) is 61.7 Å². The molecular formula is C20H31N5O2. The number of nitrogens with zero attached hydrogens (tertiary/aromatic N) is 5. The van der Waals surface area contributed by atoms with E-state index in [0.29, 0.717) is 18.5 Å². The van der Waals surface area contributed by atoms with E-state index in [-0.39, 0.29) is 11.6 Å². The first kappa shape index (κ1) is 18.6. The summed E-state index contributed by atoms with van der Waals surface area (Å²) in [6, 6.07) is 2.14. The van der Waals surface area contributed by atoms with Crippen LogP contribution in [0.15, 0.2) is 10.9 Å². The van der Waals surface area contributed by atoms with Crippen molar-refractivity contribution in [3.8, 4) is 0 Å². The molecule has 0 aromatic carbocycles. The third-order valence-electron chi connectivity index (χ3n) is 6.33. The molecule has 1 amide bonds. The summed E-state index contributed by atoms with van der Waals surface area (Å²) in [6.45, 7) is 10.3. The van der Waals surface area contributed by atoms with Crippen LogP contribution in [0.1, 0.15) is 37.9 Å². The number of rotatable bonds is 5. The van der Waals surface area contributed by atoms with E-state index in [0.717, 1.165) is 76.2 Å². The van der Waals surface area contributed by atoms with E-state index in [4.69, 9.17) is 0 Å². The highest BCUT2D eigenvalue weighted by Gasteiger charge is 2.37. The third kappa shape index (κ3) is 3.80. The summed E-state index contributed by atoms with van der Waals surface area (Å²) in [5, 5.41) is 4.57. The second-order valence-electron chi connectivity index (χ2n) is 8.34. The fraction of sp³-hybridized carbons (Fsp3) is 0.750. The zero-order valence-corrected chi connectivity index (χ0v) is 16.6. The Balaban J connectivity index is 1.28. The highest BCUT2D eigenvalue weighted by Crippen LogP contribution is 2.21. The summed E-state index contributed by atoms with van der Waals surface area (Å²) in [5.74, 6) is 0.298. The molecule has 3 heterocycles.